The van der Waals surface area contributed by atoms with E-state index < -0.39 is 44.9 Å². The molecule has 3 amide bonds. The fraction of sp³-hybridized carbons (Fsp3) is 0.430. The Morgan fingerprint density at radius 2 is 0.854 bits per heavy atom. The van der Waals surface area contributed by atoms with E-state index in [4.69, 9.17) is 66.3 Å². The van der Waals surface area contributed by atoms with Crippen molar-refractivity contribution in [1.82, 2.24) is 79.0 Å². The molecule has 0 atom stereocenters. The number of ketones is 2. The van der Waals surface area contributed by atoms with Crippen LogP contribution in [-0.4, -0.2) is 193 Å². The lowest BCUT2D eigenvalue weighted by Crippen LogP contribution is -2.35. The zero-order chi connectivity index (χ0) is 97.4. The highest BCUT2D eigenvalue weighted by Crippen LogP contribution is 2.40. The van der Waals surface area contributed by atoms with Gasteiger partial charge in [-0.3, -0.25) is 44.4 Å². The van der Waals surface area contributed by atoms with E-state index in [0.29, 0.717) is 129 Å². The Bertz CT molecular complexity index is 6240. The number of hydrogen-bond acceptors (Lipinski definition) is 34. The van der Waals surface area contributed by atoms with Crippen LogP contribution in [0.2, 0.25) is 5.15 Å². The standard InChI is InChI=1S/C25H30N6O4.C20H22N6O2.C16H20ClN5O3.C8H8N2O3.2C8H10N2O.C5H3FN2O2.C3H6O/c1-25(2,3)35-24(33)30(4)21-13-20(28-18-6-5-11-26-23(18)34-16-9-10-16)29-22-17(14-27-31(21)22)19(32)12-15-7-8-15;1-21-18-10-17(24-15-3-2-8-22-20(15)28-13-6-7-13)25-19-14(11-23-26(18)19)16(27)9-12-4-5-12;1-16(2,3)25-15(24)21(4)12-7-11(17)20-13-10(8-18-22(12)13)14(23)19-9-5-6-9;11-10(12)7-2-1-5-9-8(7)13-6-3-4-6;2*9-7-2-1-5-10-8(7)11-6-3-4-6;6-5-4(8(9)10)2-1-3-7-5;4-3-1-2-3/h5-6,11,13-16H,7-10,12H2,1-4H3,(H,28,29);2-3,8,10-13,21H,4-7,9H2,1H3,(H,24,25);7-9H,5-6H2,1-4H3,(H,19,23);1-2,5-6H,3-4H2;2*1-2,5-6H,3-4,9H2;1-3H;3-4H,1-2H2. The van der Waals surface area contributed by atoms with Crippen LogP contribution in [0.3, 0.4) is 0 Å². The number of ether oxygens (including phenoxy) is 7. The number of rotatable bonds is 27. The first kappa shape index (κ1) is 98.1. The van der Waals surface area contributed by atoms with Crippen molar-refractivity contribution in [3.05, 3.63) is 195 Å². The summed E-state index contributed by atoms with van der Waals surface area (Å²) in [6.45, 7) is 10.8. The molecule has 9 N–H and O–H groups in total. The molecule has 0 unspecified atom stereocenters. The Morgan fingerprint density at radius 3 is 1.25 bits per heavy atom. The monoisotopic (exact) mass is 1900 g/mol. The lowest BCUT2D eigenvalue weighted by molar-refractivity contribution is -0.388. The van der Waals surface area contributed by atoms with Crippen molar-refractivity contribution in [2.75, 3.05) is 58.4 Å². The second kappa shape index (κ2) is 44.1. The van der Waals surface area contributed by atoms with Crippen LogP contribution < -0.4 is 66.2 Å². The number of aliphatic hydroxyl groups is 1. The molecule has 0 spiro atoms. The Morgan fingerprint density at radius 1 is 0.489 bits per heavy atom. The van der Waals surface area contributed by atoms with Gasteiger partial charge in [0.25, 0.3) is 17.7 Å². The number of hydrogen-bond donors (Lipinski definition) is 7. The predicted octanol–water partition coefficient (Wildman–Crippen LogP) is 16.1. The van der Waals surface area contributed by atoms with Crippen LogP contribution in [0.25, 0.3) is 16.9 Å². The van der Waals surface area contributed by atoms with Crippen LogP contribution >= 0.6 is 11.6 Å². The normalized spacial score (nSPS) is 15.5. The molecular formula is C93H109ClFN25O17. The Balaban J connectivity index is 0.000000133. The maximum absolute atomic E-state index is 13.0. The quantitative estimate of drug-likeness (QED) is 0.00826. The number of fused-ring (bicyclic) bond motifs is 3. The molecule has 12 heterocycles. The number of anilines is 9. The van der Waals surface area contributed by atoms with E-state index >= 15 is 0 Å². The average molecular weight is 1900 g/mol. The number of nitrogens with zero attached hydrogens (tertiary/aromatic N) is 19. The van der Waals surface area contributed by atoms with Crippen molar-refractivity contribution in [3.63, 3.8) is 0 Å². The number of pyridine rings is 6. The number of halogens is 2. The second-order valence-corrected chi connectivity index (χ2v) is 36.2. The molecule has 9 fully saturated rings. The van der Waals surface area contributed by atoms with Gasteiger partial charge in [0.2, 0.25) is 23.5 Å². The molecule has 9 aliphatic carbocycles. The molecule has 44 heteroatoms. The highest BCUT2D eigenvalue weighted by molar-refractivity contribution is 6.30. The third kappa shape index (κ3) is 29.5. The largest absolute Gasteiger partial charge is 0.473 e. The summed E-state index contributed by atoms with van der Waals surface area (Å²) in [5.41, 5.74) is 14.4. The zero-order valence-electron chi connectivity index (χ0n) is 77.1. The van der Waals surface area contributed by atoms with Gasteiger partial charge in [-0.2, -0.15) is 33.2 Å². The van der Waals surface area contributed by atoms with Crippen LogP contribution in [0.4, 0.5) is 77.2 Å². The van der Waals surface area contributed by atoms with Gasteiger partial charge in [-0.05, 0) is 230 Å². The van der Waals surface area contributed by atoms with Crippen molar-refractivity contribution >= 4 is 121 Å². The van der Waals surface area contributed by atoms with Crippen molar-refractivity contribution in [1.29, 1.82) is 0 Å². The molecule has 9 aliphatic rings. The number of carbonyl (C=O) groups is 5. The van der Waals surface area contributed by atoms with E-state index in [2.05, 4.69) is 76.4 Å². The fourth-order valence-corrected chi connectivity index (χ4v) is 12.4. The molecule has 12 aromatic rings. The molecule has 42 nitrogen and oxygen atoms in total. The Hall–Kier alpha value is -14.9. The lowest BCUT2D eigenvalue weighted by Gasteiger charge is -2.25. The van der Waals surface area contributed by atoms with Crippen LogP contribution in [-0.2, 0) is 9.47 Å². The van der Waals surface area contributed by atoms with Gasteiger partial charge < -0.3 is 71.0 Å². The molecule has 12 aromatic heterocycles. The highest BCUT2D eigenvalue weighted by atomic mass is 35.5. The van der Waals surface area contributed by atoms with Gasteiger partial charge in [-0.25, -0.2) is 54.4 Å². The highest BCUT2D eigenvalue weighted by Gasteiger charge is 2.36. The molecule has 0 aromatic carbocycles. The van der Waals surface area contributed by atoms with Gasteiger partial charge in [-0.15, -0.1) is 0 Å². The lowest BCUT2D eigenvalue weighted by atomic mass is 10.1. The van der Waals surface area contributed by atoms with Gasteiger partial charge in [0.1, 0.15) is 92.9 Å². The smallest absolute Gasteiger partial charge is 0.415 e. The summed E-state index contributed by atoms with van der Waals surface area (Å²) in [4.78, 5) is 122. The summed E-state index contributed by atoms with van der Waals surface area (Å²) in [5.74, 6) is 4.63. The summed E-state index contributed by atoms with van der Waals surface area (Å²) in [5, 5.41) is 54.3. The van der Waals surface area contributed by atoms with E-state index in [0.717, 1.165) is 139 Å². The molecule has 0 bridgehead atoms. The van der Waals surface area contributed by atoms with Crippen molar-refractivity contribution in [3.8, 4) is 29.4 Å². The second-order valence-electron chi connectivity index (χ2n) is 35.8. The minimum atomic E-state index is -1.05. The van der Waals surface area contributed by atoms with E-state index in [1.54, 1.807) is 128 Å². The molecule has 0 saturated heterocycles. The summed E-state index contributed by atoms with van der Waals surface area (Å²) in [7, 11) is 4.97. The first-order chi connectivity index (χ1) is 65.6. The molecule has 9 saturated carbocycles. The molecule has 21 rings (SSSR count). The van der Waals surface area contributed by atoms with E-state index in [-0.39, 0.29) is 70.3 Å². The van der Waals surface area contributed by atoms with E-state index in [1.807, 2.05) is 31.3 Å². The average Bonchev–Trinajstić information content (AvgIpc) is 1.60. The molecular weight excluding hydrogens is 1790 g/mol. The topological polar surface area (TPSA) is 531 Å². The minimum absolute atomic E-state index is 0.00263. The number of nitrogen functional groups attached to an aromatic ring is 2. The maximum atomic E-state index is 13.0. The Kier molecular flexibility index (Phi) is 31.5. The number of nitrogens with one attached hydrogen (secondary N) is 4. The van der Waals surface area contributed by atoms with Gasteiger partial charge in [-0.1, -0.05) is 11.6 Å². The number of carbonyl (C=O) groups excluding carboxylic acids is 5. The van der Waals surface area contributed by atoms with Gasteiger partial charge in [0, 0.05) is 108 Å². The Labute approximate surface area is 791 Å². The summed E-state index contributed by atoms with van der Waals surface area (Å²) in [6.07, 6.45) is 34.3. The number of nitrogens with two attached hydrogens (primary N) is 2. The molecule has 0 radical (unpaired) electrons. The number of aliphatic hydroxyl groups excluding tert-OH is 1. The number of amides is 3. The summed E-state index contributed by atoms with van der Waals surface area (Å²) in [6, 6.07) is 25.1. The van der Waals surface area contributed by atoms with E-state index in [9.17, 15) is 48.6 Å². The summed E-state index contributed by atoms with van der Waals surface area (Å²) < 4.78 is 55.7. The van der Waals surface area contributed by atoms with Crippen LogP contribution in [0, 0.1) is 38.0 Å². The molecule has 0 aliphatic heterocycles. The van der Waals surface area contributed by atoms with Crippen LogP contribution in [0.15, 0.2) is 147 Å². The third-order valence-corrected chi connectivity index (χ3v) is 21.0. The van der Waals surface area contributed by atoms with E-state index in [1.165, 1.54) is 61.7 Å². The summed E-state index contributed by atoms with van der Waals surface area (Å²) >= 11 is 6.09. The predicted molar refractivity (Wildman–Crippen MR) is 504 cm³/mol. The minimum Gasteiger partial charge on any atom is -0.473 e. The van der Waals surface area contributed by atoms with Gasteiger partial charge in [0.15, 0.2) is 28.5 Å². The number of nitro groups is 2. The van der Waals surface area contributed by atoms with Crippen LogP contribution in [0.5, 0.6) is 29.4 Å². The van der Waals surface area contributed by atoms with Crippen molar-refractivity contribution < 1.29 is 76.5 Å². The van der Waals surface area contributed by atoms with Gasteiger partial charge in [0.05, 0.1) is 57.0 Å². The van der Waals surface area contributed by atoms with Crippen molar-refractivity contribution in [2.45, 2.75) is 224 Å². The maximum Gasteiger partial charge on any atom is 0.415 e. The first-order valence-electron chi connectivity index (χ1n) is 45.2. The molecule has 722 valence electrons. The van der Waals surface area contributed by atoms with Crippen molar-refractivity contribution in [2.24, 2.45) is 11.8 Å². The van der Waals surface area contributed by atoms with Crippen LogP contribution in [0.1, 0.15) is 201 Å². The fourth-order valence-electron chi connectivity index (χ4n) is 12.3. The third-order valence-electron chi connectivity index (χ3n) is 20.8. The zero-order valence-corrected chi connectivity index (χ0v) is 77.8. The number of Topliss-reactive ketones (excluding diaryl/α,β-unsaturated/α-hetero) is 2. The number of aromatic nitrogens is 15. The first-order valence-corrected chi connectivity index (χ1v) is 45.5. The van der Waals surface area contributed by atoms with Gasteiger partial charge >= 0.3 is 23.6 Å². The molecule has 137 heavy (non-hydrogen) atoms. The SMILES string of the molecule is CN(C(=O)OC(C)(C)C)c1cc(Cl)nc2c(C(=O)NC3CC3)cnn12.CN(C(=O)OC(C)(C)C)c1cc(Nc2cccnc2OC2CC2)nc2c(C(=O)CC3CC3)cnn12.CNc1cc(Nc2cccnc2OC2CC2)nc2c(C(=O)CC3CC3)cnn12.Nc1cccnc1OC1CC1.Nc1cccnc1OC1CC1.O=[N+]([O-])c1cccnc1F.O=[N+]([O-])c1cccnc1OC1CC1.OC1CC1.